The van der Waals surface area contributed by atoms with E-state index in [9.17, 15) is 4.79 Å². The van der Waals surface area contributed by atoms with Gasteiger partial charge in [-0.3, -0.25) is 4.79 Å². The lowest BCUT2D eigenvalue weighted by atomic mass is 10.1. The van der Waals surface area contributed by atoms with Crippen LogP contribution < -0.4 is 0 Å². The fourth-order valence-corrected chi connectivity index (χ4v) is 2.45. The molecule has 0 saturated carbocycles. The number of pyridine rings is 1. The summed E-state index contributed by atoms with van der Waals surface area (Å²) in [4.78, 5) is 20.2. The molecule has 2 rings (SSSR count). The third kappa shape index (κ3) is 3.30. The Morgan fingerprint density at radius 3 is 2.95 bits per heavy atom. The van der Waals surface area contributed by atoms with Crippen molar-refractivity contribution in [3.05, 3.63) is 29.6 Å². The zero-order valence-electron chi connectivity index (χ0n) is 11.3. The molecule has 0 spiro atoms. The number of aromatic nitrogens is 1. The Labute approximate surface area is 113 Å². The van der Waals surface area contributed by atoms with Gasteiger partial charge in [0.05, 0.1) is 5.56 Å². The average molecular weight is 258 g/mol. The smallest absolute Gasteiger partial charge is 0.255 e. The fourth-order valence-electron chi connectivity index (χ4n) is 2.45. The lowest BCUT2D eigenvalue weighted by Gasteiger charge is -2.21. The van der Waals surface area contributed by atoms with E-state index in [-0.39, 0.29) is 5.91 Å². The molecule has 2 heterocycles. The van der Waals surface area contributed by atoms with Crippen molar-refractivity contribution in [3.8, 4) is 6.07 Å². The van der Waals surface area contributed by atoms with Crippen LogP contribution in [0.15, 0.2) is 18.3 Å². The molecule has 1 aliphatic heterocycles. The molecule has 1 fully saturated rings. The highest BCUT2D eigenvalue weighted by Crippen LogP contribution is 2.16. The van der Waals surface area contributed by atoms with Crippen molar-refractivity contribution < 1.29 is 4.79 Å². The first-order valence-corrected chi connectivity index (χ1v) is 6.40. The Kier molecular flexibility index (Phi) is 4.13. The van der Waals surface area contributed by atoms with Crippen LogP contribution in [0, 0.1) is 17.2 Å². The van der Waals surface area contributed by atoms with Crippen LogP contribution in [0.1, 0.15) is 22.5 Å². The molecule has 0 aliphatic carbocycles. The molecule has 1 unspecified atom stereocenters. The van der Waals surface area contributed by atoms with Crippen LogP contribution in [0.5, 0.6) is 0 Å². The van der Waals surface area contributed by atoms with E-state index < -0.39 is 0 Å². The maximum atomic E-state index is 12.2. The Morgan fingerprint density at radius 2 is 2.42 bits per heavy atom. The van der Waals surface area contributed by atoms with Crippen molar-refractivity contribution in [2.45, 2.75) is 6.42 Å². The Balaban J connectivity index is 1.96. The predicted octanol–water partition coefficient (Wildman–Crippen LogP) is 0.977. The van der Waals surface area contributed by atoms with Gasteiger partial charge in [0.25, 0.3) is 5.91 Å². The summed E-state index contributed by atoms with van der Waals surface area (Å²) >= 11 is 0. The summed E-state index contributed by atoms with van der Waals surface area (Å²) in [5.74, 6) is 0.511. The Bertz CT molecular complexity index is 491. The van der Waals surface area contributed by atoms with Crippen molar-refractivity contribution in [2.24, 2.45) is 5.92 Å². The maximum Gasteiger partial charge on any atom is 0.255 e. The van der Waals surface area contributed by atoms with Crippen molar-refractivity contribution in [2.75, 3.05) is 33.7 Å². The van der Waals surface area contributed by atoms with E-state index in [1.807, 2.05) is 13.1 Å². The molecule has 100 valence electrons. The van der Waals surface area contributed by atoms with Gasteiger partial charge < -0.3 is 9.80 Å². The molecule has 5 nitrogen and oxygen atoms in total. The number of amides is 1. The van der Waals surface area contributed by atoms with Gasteiger partial charge in [0.2, 0.25) is 0 Å². The van der Waals surface area contributed by atoms with Crippen molar-refractivity contribution in [3.63, 3.8) is 0 Å². The minimum Gasteiger partial charge on any atom is -0.341 e. The molecule has 5 heteroatoms. The van der Waals surface area contributed by atoms with Gasteiger partial charge in [-0.1, -0.05) is 0 Å². The first-order valence-electron chi connectivity index (χ1n) is 6.40. The average Bonchev–Trinajstić information content (AvgIpc) is 2.83. The predicted molar refractivity (Wildman–Crippen MR) is 71.5 cm³/mol. The van der Waals surface area contributed by atoms with Gasteiger partial charge in [-0.05, 0) is 38.1 Å². The molecule has 0 N–H and O–H groups in total. The lowest BCUT2D eigenvalue weighted by molar-refractivity contribution is 0.0773. The summed E-state index contributed by atoms with van der Waals surface area (Å²) in [6.45, 7) is 2.91. The molecule has 0 aromatic carbocycles. The van der Waals surface area contributed by atoms with E-state index >= 15 is 0 Å². The van der Waals surface area contributed by atoms with Gasteiger partial charge in [0.1, 0.15) is 11.8 Å². The van der Waals surface area contributed by atoms with E-state index in [4.69, 9.17) is 5.26 Å². The van der Waals surface area contributed by atoms with Crippen LogP contribution in [0.3, 0.4) is 0 Å². The molecule has 0 bridgehead atoms. The van der Waals surface area contributed by atoms with Gasteiger partial charge in [0.15, 0.2) is 0 Å². The molecule has 1 aromatic heterocycles. The first-order chi connectivity index (χ1) is 9.10. The summed E-state index contributed by atoms with van der Waals surface area (Å²) in [6, 6.07) is 5.18. The van der Waals surface area contributed by atoms with Crippen molar-refractivity contribution in [1.82, 2.24) is 14.8 Å². The summed E-state index contributed by atoms with van der Waals surface area (Å²) in [5, 5.41) is 8.68. The van der Waals surface area contributed by atoms with Gasteiger partial charge in [-0.25, -0.2) is 4.98 Å². The molecular formula is C14H18N4O. The van der Waals surface area contributed by atoms with Crippen LogP contribution in [0.2, 0.25) is 0 Å². The highest BCUT2D eigenvalue weighted by atomic mass is 16.2. The second-order valence-corrected chi connectivity index (χ2v) is 5.15. The third-order valence-electron chi connectivity index (χ3n) is 3.49. The monoisotopic (exact) mass is 258 g/mol. The summed E-state index contributed by atoms with van der Waals surface area (Å²) < 4.78 is 0. The van der Waals surface area contributed by atoms with E-state index in [1.54, 1.807) is 17.0 Å². The first kappa shape index (κ1) is 13.5. The number of likely N-dealkylation sites (tertiary alicyclic amines) is 1. The normalized spacial score (nSPS) is 19.1. The summed E-state index contributed by atoms with van der Waals surface area (Å²) in [7, 11) is 3.92. The lowest BCUT2D eigenvalue weighted by Crippen LogP contribution is -2.32. The molecule has 1 atom stereocenters. The quantitative estimate of drug-likeness (QED) is 0.810. The highest BCUT2D eigenvalue weighted by Gasteiger charge is 2.23. The minimum absolute atomic E-state index is 0.0356. The van der Waals surface area contributed by atoms with Crippen LogP contribution in [-0.2, 0) is 0 Å². The van der Waals surface area contributed by atoms with Crippen LogP contribution in [0.4, 0.5) is 0 Å². The Hall–Kier alpha value is -1.93. The van der Waals surface area contributed by atoms with Gasteiger partial charge >= 0.3 is 0 Å². The van der Waals surface area contributed by atoms with Gasteiger partial charge in [-0.15, -0.1) is 0 Å². The van der Waals surface area contributed by atoms with Crippen LogP contribution >= 0.6 is 0 Å². The van der Waals surface area contributed by atoms with E-state index in [2.05, 4.69) is 16.9 Å². The van der Waals surface area contributed by atoms with Crippen molar-refractivity contribution in [1.29, 1.82) is 5.26 Å². The minimum atomic E-state index is -0.0356. The number of carbonyl (C=O) groups excluding carboxylic acids is 1. The third-order valence-corrected chi connectivity index (χ3v) is 3.49. The van der Waals surface area contributed by atoms with Gasteiger partial charge in [0, 0.05) is 26.3 Å². The molecular weight excluding hydrogens is 240 g/mol. The van der Waals surface area contributed by atoms with E-state index in [0.29, 0.717) is 17.2 Å². The summed E-state index contributed by atoms with van der Waals surface area (Å²) in [6.07, 6.45) is 2.61. The highest BCUT2D eigenvalue weighted by molar-refractivity contribution is 5.93. The largest absolute Gasteiger partial charge is 0.341 e. The van der Waals surface area contributed by atoms with Gasteiger partial charge in [-0.2, -0.15) is 5.26 Å². The maximum absolute atomic E-state index is 12.2. The zero-order chi connectivity index (χ0) is 13.8. The number of nitriles is 1. The SMILES string of the molecule is CN1CCC(CN(C)C(=O)c2ccc(C#N)nc2)C1. The van der Waals surface area contributed by atoms with E-state index in [0.717, 1.165) is 26.1 Å². The number of carbonyl (C=O) groups is 1. The molecule has 0 radical (unpaired) electrons. The molecule has 1 amide bonds. The standard InChI is InChI=1S/C14H18N4O/c1-17-6-5-11(9-17)10-18(2)14(19)12-3-4-13(7-15)16-8-12/h3-4,8,11H,5-6,9-10H2,1-2H3. The van der Waals surface area contributed by atoms with Crippen molar-refractivity contribution >= 4 is 5.91 Å². The number of hydrogen-bond donors (Lipinski definition) is 0. The molecule has 1 aromatic rings. The molecule has 1 aliphatic rings. The molecule has 19 heavy (non-hydrogen) atoms. The number of nitrogens with zero attached hydrogens (tertiary/aromatic N) is 4. The Morgan fingerprint density at radius 1 is 1.63 bits per heavy atom. The summed E-state index contributed by atoms with van der Waals surface area (Å²) in [5.41, 5.74) is 0.865. The zero-order valence-corrected chi connectivity index (χ0v) is 11.3. The van der Waals surface area contributed by atoms with Crippen LogP contribution in [-0.4, -0.2) is 54.4 Å². The fraction of sp³-hybridized carbons (Fsp3) is 0.500. The number of hydrogen-bond acceptors (Lipinski definition) is 4. The van der Waals surface area contributed by atoms with Crippen LogP contribution in [0.25, 0.3) is 0 Å². The van der Waals surface area contributed by atoms with E-state index in [1.165, 1.54) is 6.20 Å². The second-order valence-electron chi connectivity index (χ2n) is 5.15. The molecule has 1 saturated heterocycles. The topological polar surface area (TPSA) is 60.2 Å². The second kappa shape index (κ2) is 5.81. The number of rotatable bonds is 3.